The van der Waals surface area contributed by atoms with Gasteiger partial charge < -0.3 is 10.6 Å². The van der Waals surface area contributed by atoms with Crippen LogP contribution < -0.4 is 10.6 Å². The molecule has 1 heterocycles. The second kappa shape index (κ2) is 8.35. The number of hydrogen-bond acceptors (Lipinski definition) is 6. The van der Waals surface area contributed by atoms with Crippen LogP contribution in [-0.2, 0) is 6.54 Å². The van der Waals surface area contributed by atoms with Gasteiger partial charge in [-0.2, -0.15) is 10.2 Å². The highest BCUT2D eigenvalue weighted by atomic mass is 32.2. The van der Waals surface area contributed by atoms with Crippen LogP contribution in [0, 0.1) is 40.4 Å². The highest BCUT2D eigenvalue weighted by Crippen LogP contribution is 2.62. The Labute approximate surface area is 189 Å². The second-order valence-electron chi connectivity index (χ2n) is 9.92. The summed E-state index contributed by atoms with van der Waals surface area (Å²) in [6.45, 7) is 4.05. The number of rotatable bonds is 7. The Kier molecular flexibility index (Phi) is 5.56. The zero-order chi connectivity index (χ0) is 21.4. The smallest absolute Gasteiger partial charge is 0.224 e. The molecule has 0 aliphatic heterocycles. The minimum Gasteiger partial charge on any atom is -0.368 e. The average molecular weight is 434 g/mol. The molecule has 3 unspecified atom stereocenters. The average Bonchev–Trinajstić information content (AvgIpc) is 2.79. The van der Waals surface area contributed by atoms with Gasteiger partial charge in [-0.15, -0.1) is 11.8 Å². The zero-order valence-electron chi connectivity index (χ0n) is 18.4. The van der Waals surface area contributed by atoms with Crippen molar-refractivity contribution in [2.24, 2.45) is 29.1 Å². The molecule has 5 nitrogen and oxygen atoms in total. The highest BCUT2D eigenvalue weighted by molar-refractivity contribution is 7.98. The predicted molar refractivity (Wildman–Crippen MR) is 126 cm³/mol. The van der Waals surface area contributed by atoms with Crippen LogP contribution in [0.5, 0.6) is 0 Å². The number of anilines is 2. The van der Waals surface area contributed by atoms with Gasteiger partial charge >= 0.3 is 0 Å². The molecule has 2 N–H and O–H groups in total. The molecular formula is C25H31N5S. The lowest BCUT2D eigenvalue weighted by Crippen LogP contribution is -2.52. The van der Waals surface area contributed by atoms with Crippen molar-refractivity contribution in [1.29, 1.82) is 5.26 Å². The highest BCUT2D eigenvalue weighted by Gasteiger charge is 2.53. The van der Waals surface area contributed by atoms with E-state index in [9.17, 15) is 5.26 Å². The molecule has 4 bridgehead atoms. The van der Waals surface area contributed by atoms with E-state index < -0.39 is 0 Å². The third-order valence-electron chi connectivity index (χ3n) is 8.04. The molecule has 4 aliphatic rings. The summed E-state index contributed by atoms with van der Waals surface area (Å²) in [5.74, 6) is 4.81. The summed E-state index contributed by atoms with van der Waals surface area (Å²) in [6.07, 6.45) is 10.6. The molecule has 0 amide bonds. The van der Waals surface area contributed by atoms with Gasteiger partial charge in [0.1, 0.15) is 17.5 Å². The fraction of sp³-hybridized carbons (Fsp3) is 0.560. The van der Waals surface area contributed by atoms with Crippen molar-refractivity contribution in [3.05, 3.63) is 41.6 Å². The molecular weight excluding hydrogens is 402 g/mol. The van der Waals surface area contributed by atoms with Gasteiger partial charge in [0.25, 0.3) is 0 Å². The summed E-state index contributed by atoms with van der Waals surface area (Å²) in [6, 6.07) is 10.6. The van der Waals surface area contributed by atoms with Crippen molar-refractivity contribution in [3.8, 4) is 6.07 Å². The first-order valence-electron chi connectivity index (χ1n) is 11.5. The van der Waals surface area contributed by atoms with Crippen molar-refractivity contribution in [1.82, 2.24) is 9.97 Å². The maximum atomic E-state index is 9.59. The van der Waals surface area contributed by atoms with E-state index in [-0.39, 0.29) is 0 Å². The fourth-order valence-corrected chi connectivity index (χ4v) is 7.26. The SMILES string of the molecule is CSc1ccccc1CNc1ncc(C#N)c(NCC23CC4C[C@H](C2)C(C)[C@@H](C4)C3)n1. The van der Waals surface area contributed by atoms with Crippen LogP contribution in [-0.4, -0.2) is 22.8 Å². The number of benzene rings is 1. The van der Waals surface area contributed by atoms with E-state index in [1.165, 1.54) is 42.6 Å². The summed E-state index contributed by atoms with van der Waals surface area (Å²) in [5, 5.41) is 16.5. The van der Waals surface area contributed by atoms with Gasteiger partial charge in [-0.05, 0) is 79.1 Å². The van der Waals surface area contributed by atoms with Crippen LogP contribution in [0.15, 0.2) is 35.4 Å². The fourth-order valence-electron chi connectivity index (χ4n) is 6.64. The second-order valence-corrected chi connectivity index (χ2v) is 10.8. The monoisotopic (exact) mass is 433 g/mol. The number of aromatic nitrogens is 2. The van der Waals surface area contributed by atoms with Crippen molar-refractivity contribution in [2.75, 3.05) is 23.4 Å². The Bertz CT molecular complexity index is 984. The van der Waals surface area contributed by atoms with Gasteiger partial charge in [-0.1, -0.05) is 25.1 Å². The molecule has 6 rings (SSSR count). The minimum atomic E-state index is 0.381. The summed E-state index contributed by atoms with van der Waals surface area (Å²) in [7, 11) is 0. The van der Waals surface area contributed by atoms with Gasteiger partial charge in [0.05, 0.1) is 6.20 Å². The summed E-state index contributed by atoms with van der Waals surface area (Å²) >= 11 is 1.74. The lowest BCUT2D eigenvalue weighted by atomic mass is 9.46. The number of thioether (sulfide) groups is 1. The van der Waals surface area contributed by atoms with Crippen LogP contribution in [0.4, 0.5) is 11.8 Å². The maximum Gasteiger partial charge on any atom is 0.224 e. The first-order valence-corrected chi connectivity index (χ1v) is 12.7. The Morgan fingerprint density at radius 1 is 1.16 bits per heavy atom. The zero-order valence-corrected chi connectivity index (χ0v) is 19.2. The molecule has 4 saturated carbocycles. The third kappa shape index (κ3) is 4.01. The van der Waals surface area contributed by atoms with E-state index in [0.29, 0.717) is 29.3 Å². The van der Waals surface area contributed by atoms with Crippen molar-refractivity contribution < 1.29 is 0 Å². The Morgan fingerprint density at radius 2 is 1.94 bits per heavy atom. The maximum absolute atomic E-state index is 9.59. The van der Waals surface area contributed by atoms with Crippen LogP contribution in [0.1, 0.15) is 50.2 Å². The molecule has 1 aromatic heterocycles. The topological polar surface area (TPSA) is 73.6 Å². The van der Waals surface area contributed by atoms with Crippen LogP contribution >= 0.6 is 11.8 Å². The lowest BCUT2D eigenvalue weighted by Gasteiger charge is -2.59. The molecule has 0 spiro atoms. The number of hydrogen-bond donors (Lipinski definition) is 2. The minimum absolute atomic E-state index is 0.381. The van der Waals surface area contributed by atoms with E-state index in [1.807, 2.05) is 0 Å². The molecule has 5 atom stereocenters. The van der Waals surface area contributed by atoms with Crippen LogP contribution in [0.3, 0.4) is 0 Å². The molecule has 0 radical (unpaired) electrons. The van der Waals surface area contributed by atoms with Gasteiger partial charge in [0.15, 0.2) is 0 Å². The molecule has 2 aromatic rings. The van der Waals surface area contributed by atoms with Gasteiger partial charge in [0.2, 0.25) is 5.95 Å². The molecule has 4 aliphatic carbocycles. The van der Waals surface area contributed by atoms with E-state index in [2.05, 4.69) is 64.1 Å². The molecule has 31 heavy (non-hydrogen) atoms. The van der Waals surface area contributed by atoms with Gasteiger partial charge in [-0.3, -0.25) is 0 Å². The van der Waals surface area contributed by atoms with Crippen molar-refractivity contribution >= 4 is 23.5 Å². The predicted octanol–water partition coefficient (Wildman–Crippen LogP) is 5.56. The van der Waals surface area contributed by atoms with Gasteiger partial charge in [-0.25, -0.2) is 4.98 Å². The standard InChI is InChI=1S/C25H31N5S/c1-16-19-7-17-8-20(16)11-25(9-17,10-19)15-29-23-21(12-26)14-28-24(30-23)27-13-18-5-3-4-6-22(18)31-2/h3-6,14,16-17,19-20H,7-11,13,15H2,1-2H3,(H2,27,28,29,30)/t16?,17?,19-,20+,25?. The molecule has 1 aromatic carbocycles. The number of nitriles is 1. The normalized spacial score (nSPS) is 30.7. The molecule has 4 fully saturated rings. The number of nitrogens with one attached hydrogen (secondary N) is 2. The van der Waals surface area contributed by atoms with Gasteiger partial charge in [0, 0.05) is 18.0 Å². The van der Waals surface area contributed by atoms with Crippen molar-refractivity contribution in [2.45, 2.75) is 50.5 Å². The summed E-state index contributed by atoms with van der Waals surface area (Å²) in [5.41, 5.74) is 2.12. The summed E-state index contributed by atoms with van der Waals surface area (Å²) in [4.78, 5) is 10.3. The molecule has 0 saturated heterocycles. The molecule has 6 heteroatoms. The van der Waals surface area contributed by atoms with Crippen LogP contribution in [0.2, 0.25) is 0 Å². The Hall–Kier alpha value is -2.26. The van der Waals surface area contributed by atoms with E-state index in [1.54, 1.807) is 18.0 Å². The van der Waals surface area contributed by atoms with Crippen LogP contribution in [0.25, 0.3) is 0 Å². The molecule has 162 valence electrons. The van der Waals surface area contributed by atoms with E-state index >= 15 is 0 Å². The van der Waals surface area contributed by atoms with E-state index in [0.717, 1.165) is 30.2 Å². The number of nitrogens with zero attached hydrogens (tertiary/aromatic N) is 3. The first kappa shape index (κ1) is 20.6. The quantitative estimate of drug-likeness (QED) is 0.557. The summed E-state index contributed by atoms with van der Waals surface area (Å²) < 4.78 is 0. The van der Waals surface area contributed by atoms with E-state index in [4.69, 9.17) is 0 Å². The Balaban J connectivity index is 1.29. The largest absolute Gasteiger partial charge is 0.368 e. The third-order valence-corrected chi connectivity index (χ3v) is 8.88. The lowest BCUT2D eigenvalue weighted by molar-refractivity contribution is -0.0822. The first-order chi connectivity index (χ1) is 15.1. The Morgan fingerprint density at radius 3 is 2.68 bits per heavy atom. The van der Waals surface area contributed by atoms with Crippen molar-refractivity contribution in [3.63, 3.8) is 0 Å².